The van der Waals surface area contributed by atoms with Gasteiger partial charge >= 0.3 is 5.97 Å². The van der Waals surface area contributed by atoms with Gasteiger partial charge in [0.1, 0.15) is 9.88 Å². The standard InChI is InChI=1S/C14H21N3O3S/c1-7(2)14(4-5-14)6-17-12-8(11(16)18)9(15)10(21-12)13(19)20-3/h7,17H,4-6,15H2,1-3H3,(H2,16,18). The van der Waals surface area contributed by atoms with Crippen LogP contribution in [0.2, 0.25) is 0 Å². The van der Waals surface area contributed by atoms with Gasteiger partial charge in [0.05, 0.1) is 18.4 Å². The second-order valence-electron chi connectivity index (χ2n) is 5.78. The van der Waals surface area contributed by atoms with Crippen LogP contribution in [0.5, 0.6) is 0 Å². The molecule has 1 saturated carbocycles. The summed E-state index contributed by atoms with van der Waals surface area (Å²) in [4.78, 5) is 23.5. The Morgan fingerprint density at radius 3 is 2.48 bits per heavy atom. The summed E-state index contributed by atoms with van der Waals surface area (Å²) in [5, 5.41) is 3.80. The van der Waals surface area contributed by atoms with E-state index in [1.165, 1.54) is 7.11 Å². The highest BCUT2D eigenvalue weighted by Gasteiger charge is 2.45. The van der Waals surface area contributed by atoms with Crippen LogP contribution in [0.3, 0.4) is 0 Å². The van der Waals surface area contributed by atoms with Crippen molar-refractivity contribution in [1.29, 1.82) is 0 Å². The maximum Gasteiger partial charge on any atom is 0.350 e. The molecule has 0 aliphatic heterocycles. The Balaban J connectivity index is 2.26. The van der Waals surface area contributed by atoms with Crippen molar-refractivity contribution in [2.75, 3.05) is 24.7 Å². The van der Waals surface area contributed by atoms with E-state index in [4.69, 9.17) is 11.5 Å². The number of ether oxygens (including phenoxy) is 1. The van der Waals surface area contributed by atoms with E-state index in [-0.39, 0.29) is 21.5 Å². The summed E-state index contributed by atoms with van der Waals surface area (Å²) in [5.41, 5.74) is 11.8. The number of carbonyl (C=O) groups is 2. The van der Waals surface area contributed by atoms with Gasteiger partial charge in [-0.15, -0.1) is 11.3 Å². The molecule has 1 aromatic heterocycles. The molecule has 0 bridgehead atoms. The highest BCUT2D eigenvalue weighted by atomic mass is 32.1. The van der Waals surface area contributed by atoms with Crippen molar-refractivity contribution in [3.8, 4) is 0 Å². The maximum absolute atomic E-state index is 11.7. The summed E-state index contributed by atoms with van der Waals surface area (Å²) >= 11 is 1.12. The molecular formula is C14H21N3O3S. The van der Waals surface area contributed by atoms with Crippen LogP contribution in [0.15, 0.2) is 0 Å². The molecule has 1 aliphatic carbocycles. The summed E-state index contributed by atoms with van der Waals surface area (Å²) in [7, 11) is 1.27. The molecule has 6 nitrogen and oxygen atoms in total. The first-order valence-corrected chi connectivity index (χ1v) is 7.68. The summed E-state index contributed by atoms with van der Waals surface area (Å²) in [6.45, 7) is 5.12. The number of methoxy groups -OCH3 is 1. The third-order valence-electron chi connectivity index (χ3n) is 4.28. The minimum absolute atomic E-state index is 0.0937. The zero-order valence-corrected chi connectivity index (χ0v) is 13.3. The molecule has 1 aliphatic rings. The van der Waals surface area contributed by atoms with Crippen LogP contribution in [-0.4, -0.2) is 25.5 Å². The highest BCUT2D eigenvalue weighted by molar-refractivity contribution is 7.19. The van der Waals surface area contributed by atoms with Crippen molar-refractivity contribution in [2.45, 2.75) is 26.7 Å². The van der Waals surface area contributed by atoms with E-state index in [0.29, 0.717) is 10.9 Å². The predicted molar refractivity (Wildman–Crippen MR) is 83.6 cm³/mol. The normalized spacial score (nSPS) is 15.8. The zero-order chi connectivity index (χ0) is 15.8. The van der Waals surface area contributed by atoms with Crippen LogP contribution in [0, 0.1) is 11.3 Å². The van der Waals surface area contributed by atoms with Crippen LogP contribution >= 0.6 is 11.3 Å². The number of nitrogens with one attached hydrogen (secondary N) is 1. The third-order valence-corrected chi connectivity index (χ3v) is 5.42. The van der Waals surface area contributed by atoms with Crippen LogP contribution < -0.4 is 16.8 Å². The smallest absolute Gasteiger partial charge is 0.350 e. The Hall–Kier alpha value is -1.76. The second kappa shape index (κ2) is 5.55. The molecule has 1 fully saturated rings. The van der Waals surface area contributed by atoms with E-state index in [9.17, 15) is 9.59 Å². The average molecular weight is 311 g/mol. The molecule has 5 N–H and O–H groups in total. The average Bonchev–Trinajstić information content (AvgIpc) is 3.14. The first kappa shape index (κ1) is 15.6. The zero-order valence-electron chi connectivity index (χ0n) is 12.5. The predicted octanol–water partition coefficient (Wildman–Crippen LogP) is 2.06. The Morgan fingerprint density at radius 2 is 2.05 bits per heavy atom. The largest absolute Gasteiger partial charge is 0.465 e. The van der Waals surface area contributed by atoms with Crippen LogP contribution in [0.4, 0.5) is 10.7 Å². The molecule has 116 valence electrons. The number of rotatable bonds is 6. The Bertz CT molecular complexity index is 576. The van der Waals surface area contributed by atoms with Gasteiger partial charge in [-0.05, 0) is 24.2 Å². The van der Waals surface area contributed by atoms with Gasteiger partial charge < -0.3 is 21.5 Å². The van der Waals surface area contributed by atoms with Gasteiger partial charge in [-0.1, -0.05) is 13.8 Å². The third kappa shape index (κ3) is 2.83. The lowest BCUT2D eigenvalue weighted by molar-refractivity contribution is 0.0607. The molecule has 0 aromatic carbocycles. The number of hydrogen-bond acceptors (Lipinski definition) is 6. The molecule has 2 rings (SSSR count). The van der Waals surface area contributed by atoms with E-state index < -0.39 is 11.9 Å². The summed E-state index contributed by atoms with van der Waals surface area (Å²) < 4.78 is 4.67. The van der Waals surface area contributed by atoms with Gasteiger partial charge in [0.2, 0.25) is 0 Å². The number of nitrogens with two attached hydrogens (primary N) is 2. The van der Waals surface area contributed by atoms with Gasteiger partial charge in [0, 0.05) is 6.54 Å². The van der Waals surface area contributed by atoms with E-state index in [1.54, 1.807) is 0 Å². The minimum Gasteiger partial charge on any atom is -0.465 e. The summed E-state index contributed by atoms with van der Waals surface area (Å²) in [5.74, 6) is -0.645. The number of amides is 1. The van der Waals surface area contributed by atoms with Gasteiger partial charge in [-0.2, -0.15) is 0 Å². The number of primary amides is 1. The topological polar surface area (TPSA) is 107 Å². The lowest BCUT2D eigenvalue weighted by Crippen LogP contribution is -2.22. The van der Waals surface area contributed by atoms with Gasteiger partial charge in [0.15, 0.2) is 0 Å². The van der Waals surface area contributed by atoms with E-state index >= 15 is 0 Å². The Labute approximate surface area is 127 Å². The van der Waals surface area contributed by atoms with Crippen LogP contribution in [0.1, 0.15) is 46.7 Å². The molecule has 0 atom stereocenters. The number of hydrogen-bond donors (Lipinski definition) is 3. The van der Waals surface area contributed by atoms with E-state index in [0.717, 1.165) is 30.7 Å². The minimum atomic E-state index is -0.643. The maximum atomic E-state index is 11.7. The first-order chi connectivity index (χ1) is 9.82. The molecule has 0 saturated heterocycles. The first-order valence-electron chi connectivity index (χ1n) is 6.86. The molecular weight excluding hydrogens is 290 g/mol. The number of esters is 1. The monoisotopic (exact) mass is 311 g/mol. The van der Waals surface area contributed by atoms with Crippen molar-refractivity contribution >= 4 is 33.9 Å². The lowest BCUT2D eigenvalue weighted by atomic mass is 9.92. The van der Waals surface area contributed by atoms with Gasteiger partial charge in [0.25, 0.3) is 5.91 Å². The van der Waals surface area contributed by atoms with E-state index in [2.05, 4.69) is 23.9 Å². The van der Waals surface area contributed by atoms with Crippen LogP contribution in [-0.2, 0) is 4.74 Å². The summed E-state index contributed by atoms with van der Waals surface area (Å²) in [6, 6.07) is 0. The molecule has 0 unspecified atom stereocenters. The van der Waals surface area contributed by atoms with Gasteiger partial charge in [-0.3, -0.25) is 4.79 Å². The number of anilines is 2. The quantitative estimate of drug-likeness (QED) is 0.697. The number of nitrogen functional groups attached to an aromatic ring is 1. The van der Waals surface area contributed by atoms with Crippen molar-refractivity contribution in [2.24, 2.45) is 17.1 Å². The molecule has 21 heavy (non-hydrogen) atoms. The van der Waals surface area contributed by atoms with Crippen molar-refractivity contribution in [3.63, 3.8) is 0 Å². The Morgan fingerprint density at radius 1 is 1.43 bits per heavy atom. The van der Waals surface area contributed by atoms with Crippen molar-refractivity contribution < 1.29 is 14.3 Å². The highest BCUT2D eigenvalue weighted by Crippen LogP contribution is 2.52. The summed E-state index contributed by atoms with van der Waals surface area (Å²) in [6.07, 6.45) is 2.32. The Kier molecular flexibility index (Phi) is 4.13. The van der Waals surface area contributed by atoms with Gasteiger partial charge in [-0.25, -0.2) is 4.79 Å². The molecule has 0 radical (unpaired) electrons. The van der Waals surface area contributed by atoms with Crippen LogP contribution in [0.25, 0.3) is 0 Å². The molecule has 0 spiro atoms. The second-order valence-corrected chi connectivity index (χ2v) is 6.80. The van der Waals surface area contributed by atoms with Crippen molar-refractivity contribution in [3.05, 3.63) is 10.4 Å². The number of carbonyl (C=O) groups excluding carboxylic acids is 2. The molecule has 7 heteroatoms. The molecule has 1 amide bonds. The fourth-order valence-corrected chi connectivity index (χ4v) is 3.47. The fourth-order valence-electron chi connectivity index (χ4n) is 2.43. The molecule has 1 aromatic rings. The molecule has 1 heterocycles. The van der Waals surface area contributed by atoms with Crippen molar-refractivity contribution in [1.82, 2.24) is 0 Å². The fraction of sp³-hybridized carbons (Fsp3) is 0.571. The lowest BCUT2D eigenvalue weighted by Gasteiger charge is -2.20. The number of thiophene rings is 1. The SMILES string of the molecule is COC(=O)c1sc(NCC2(C(C)C)CC2)c(C(N)=O)c1N. The van der Waals surface area contributed by atoms with E-state index in [1.807, 2.05) is 0 Å².